The Kier molecular flexibility index (Phi) is 4.06. The summed E-state index contributed by atoms with van der Waals surface area (Å²) < 4.78 is 25.4. The van der Waals surface area contributed by atoms with Crippen molar-refractivity contribution in [1.82, 2.24) is 10.2 Å². The normalized spacial score (nSPS) is 32.0. The summed E-state index contributed by atoms with van der Waals surface area (Å²) >= 11 is 0. The molecule has 0 unspecified atom stereocenters. The van der Waals surface area contributed by atoms with Crippen molar-refractivity contribution in [3.8, 4) is 0 Å². The number of halogens is 1. The molecule has 4 atom stereocenters. The molecule has 5 rings (SSSR count). The van der Waals surface area contributed by atoms with Crippen LogP contribution in [0.25, 0.3) is 0 Å². The molecule has 0 radical (unpaired) electrons. The molecular weight excluding hydrogens is 347 g/mol. The Hall–Kier alpha value is -2.18. The number of carbonyl (C=O) groups is 1. The summed E-state index contributed by atoms with van der Waals surface area (Å²) in [5.74, 6) is 0.427. The number of likely N-dealkylation sites (tertiary alicyclic amines) is 1. The lowest BCUT2D eigenvalue weighted by Gasteiger charge is -2.29. The summed E-state index contributed by atoms with van der Waals surface area (Å²) in [6, 6.07) is 8.63. The van der Waals surface area contributed by atoms with Crippen LogP contribution >= 0.6 is 0 Å². The molecule has 142 valence electrons. The number of amides is 1. The minimum Gasteiger partial charge on any atom is -0.472 e. The standard InChI is InChI=1S/C21H23FN2O3/c22-18-4-2-1-3-14(18)10-24-11-17-16(19-5-7-21(17,13-24)27-19)9-23-20(25)15-6-8-26-12-15/h1-4,6,8,12,16-17,19H,5,7,9-11,13H2,(H,23,25)/t16-,17+,19+,21+/m0/s1. The number of benzene rings is 1. The molecule has 0 saturated carbocycles. The Morgan fingerprint density at radius 2 is 2.22 bits per heavy atom. The first-order valence-electron chi connectivity index (χ1n) is 9.59. The van der Waals surface area contributed by atoms with E-state index in [2.05, 4.69) is 10.2 Å². The monoisotopic (exact) mass is 370 g/mol. The predicted octanol–water partition coefficient (Wildman–Crippen LogP) is 2.83. The number of ether oxygens (including phenoxy) is 1. The van der Waals surface area contributed by atoms with E-state index < -0.39 is 0 Å². The van der Waals surface area contributed by atoms with Crippen LogP contribution in [-0.4, -0.2) is 42.1 Å². The predicted molar refractivity (Wildman–Crippen MR) is 96.5 cm³/mol. The highest BCUT2D eigenvalue weighted by Gasteiger charge is 2.62. The molecule has 2 aromatic rings. The van der Waals surface area contributed by atoms with Gasteiger partial charge in [0.2, 0.25) is 0 Å². The van der Waals surface area contributed by atoms with Crippen molar-refractivity contribution >= 4 is 5.91 Å². The van der Waals surface area contributed by atoms with Crippen LogP contribution in [0.4, 0.5) is 4.39 Å². The molecule has 3 aliphatic rings. The molecule has 2 bridgehead atoms. The average molecular weight is 370 g/mol. The van der Waals surface area contributed by atoms with E-state index in [-0.39, 0.29) is 23.4 Å². The van der Waals surface area contributed by atoms with Crippen molar-refractivity contribution in [3.05, 3.63) is 59.8 Å². The van der Waals surface area contributed by atoms with Crippen LogP contribution in [0.2, 0.25) is 0 Å². The first-order valence-corrected chi connectivity index (χ1v) is 9.59. The number of carbonyl (C=O) groups excluding carboxylic acids is 1. The Morgan fingerprint density at radius 1 is 1.33 bits per heavy atom. The van der Waals surface area contributed by atoms with Gasteiger partial charge in [0.1, 0.15) is 12.1 Å². The number of nitrogens with one attached hydrogen (secondary N) is 1. The summed E-state index contributed by atoms with van der Waals surface area (Å²) in [5, 5.41) is 3.04. The first-order chi connectivity index (χ1) is 13.1. The number of hydrogen-bond acceptors (Lipinski definition) is 4. The highest BCUT2D eigenvalue weighted by atomic mass is 19.1. The lowest BCUT2D eigenvalue weighted by molar-refractivity contribution is 0.00204. The second-order valence-corrected chi connectivity index (χ2v) is 8.01. The molecular formula is C21H23FN2O3. The topological polar surface area (TPSA) is 54.7 Å². The first kappa shape index (κ1) is 17.0. The molecule has 5 nitrogen and oxygen atoms in total. The van der Waals surface area contributed by atoms with Gasteiger partial charge in [-0.25, -0.2) is 4.39 Å². The van der Waals surface area contributed by atoms with Crippen molar-refractivity contribution in [1.29, 1.82) is 0 Å². The van der Waals surface area contributed by atoms with Crippen molar-refractivity contribution in [2.45, 2.75) is 31.1 Å². The van der Waals surface area contributed by atoms with Crippen LogP contribution in [0.15, 0.2) is 47.3 Å². The number of furan rings is 1. The fourth-order valence-electron chi connectivity index (χ4n) is 5.25. The van der Waals surface area contributed by atoms with Crippen molar-refractivity contribution < 1.29 is 18.3 Å². The van der Waals surface area contributed by atoms with Crippen LogP contribution in [0.1, 0.15) is 28.8 Å². The van der Waals surface area contributed by atoms with Gasteiger partial charge in [0.05, 0.1) is 23.5 Å². The minimum atomic E-state index is -0.152. The average Bonchev–Trinajstić information content (AvgIpc) is 3.42. The Labute approximate surface area is 157 Å². The molecule has 3 aliphatic heterocycles. The largest absolute Gasteiger partial charge is 0.472 e. The van der Waals surface area contributed by atoms with E-state index in [4.69, 9.17) is 9.15 Å². The van der Waals surface area contributed by atoms with Gasteiger partial charge in [0.25, 0.3) is 5.91 Å². The highest BCUT2D eigenvalue weighted by molar-refractivity contribution is 5.93. The smallest absolute Gasteiger partial charge is 0.254 e. The van der Waals surface area contributed by atoms with Crippen molar-refractivity contribution in [2.24, 2.45) is 11.8 Å². The highest BCUT2D eigenvalue weighted by Crippen LogP contribution is 2.54. The van der Waals surface area contributed by atoms with Crippen molar-refractivity contribution in [3.63, 3.8) is 0 Å². The van der Waals surface area contributed by atoms with Gasteiger partial charge in [-0.3, -0.25) is 9.69 Å². The molecule has 3 saturated heterocycles. The molecule has 3 fully saturated rings. The van der Waals surface area contributed by atoms with E-state index in [0.29, 0.717) is 30.5 Å². The fraction of sp³-hybridized carbons (Fsp3) is 0.476. The molecule has 1 aromatic heterocycles. The van der Waals surface area contributed by atoms with Gasteiger partial charge in [-0.2, -0.15) is 0 Å². The third kappa shape index (κ3) is 2.87. The van der Waals surface area contributed by atoms with Crippen LogP contribution in [0.5, 0.6) is 0 Å². The zero-order valence-electron chi connectivity index (χ0n) is 15.1. The number of rotatable bonds is 5. The van der Waals surface area contributed by atoms with Gasteiger partial charge in [-0.05, 0) is 25.0 Å². The molecule has 4 heterocycles. The lowest BCUT2D eigenvalue weighted by atomic mass is 9.73. The molecule has 1 N–H and O–H groups in total. The summed E-state index contributed by atoms with van der Waals surface area (Å²) in [5.41, 5.74) is 1.15. The SMILES string of the molecule is O=C(NC[C@H]1[C@H]2CN(Cc3ccccc3F)C[C@]23CC[C@H]1O3)c1ccoc1. The minimum absolute atomic E-state index is 0.109. The lowest BCUT2D eigenvalue weighted by Crippen LogP contribution is -2.41. The summed E-state index contributed by atoms with van der Waals surface area (Å²) in [4.78, 5) is 14.5. The van der Waals surface area contributed by atoms with Crippen LogP contribution in [0.3, 0.4) is 0 Å². The van der Waals surface area contributed by atoms with E-state index in [1.54, 1.807) is 12.1 Å². The van der Waals surface area contributed by atoms with E-state index >= 15 is 0 Å². The van der Waals surface area contributed by atoms with E-state index in [1.807, 2.05) is 12.1 Å². The van der Waals surface area contributed by atoms with E-state index in [1.165, 1.54) is 18.6 Å². The third-order valence-corrected chi connectivity index (χ3v) is 6.49. The quantitative estimate of drug-likeness (QED) is 0.879. The third-order valence-electron chi connectivity index (χ3n) is 6.49. The summed E-state index contributed by atoms with van der Waals surface area (Å²) in [6.07, 6.45) is 5.27. The number of hydrogen-bond donors (Lipinski definition) is 1. The van der Waals surface area contributed by atoms with Crippen LogP contribution in [0, 0.1) is 17.7 Å². The second kappa shape index (κ2) is 6.46. The number of nitrogens with zero attached hydrogens (tertiary/aromatic N) is 1. The Morgan fingerprint density at radius 3 is 3.04 bits per heavy atom. The van der Waals surface area contributed by atoms with Crippen LogP contribution < -0.4 is 5.32 Å². The summed E-state index contributed by atoms with van der Waals surface area (Å²) in [6.45, 7) is 2.94. The van der Waals surface area contributed by atoms with Crippen LogP contribution in [-0.2, 0) is 11.3 Å². The molecule has 0 aliphatic carbocycles. The maximum Gasteiger partial charge on any atom is 0.254 e. The molecule has 1 aromatic carbocycles. The van der Waals surface area contributed by atoms with Gasteiger partial charge in [-0.1, -0.05) is 18.2 Å². The van der Waals surface area contributed by atoms with E-state index in [9.17, 15) is 9.18 Å². The zero-order chi connectivity index (χ0) is 18.4. The Balaban J connectivity index is 1.26. The second-order valence-electron chi connectivity index (χ2n) is 8.01. The van der Waals surface area contributed by atoms with Crippen molar-refractivity contribution in [2.75, 3.05) is 19.6 Å². The molecule has 27 heavy (non-hydrogen) atoms. The maximum atomic E-state index is 14.0. The Bertz CT molecular complexity index is 840. The summed E-state index contributed by atoms with van der Waals surface area (Å²) in [7, 11) is 0. The van der Waals surface area contributed by atoms with Gasteiger partial charge in [0.15, 0.2) is 0 Å². The van der Waals surface area contributed by atoms with E-state index in [0.717, 1.165) is 31.5 Å². The van der Waals surface area contributed by atoms with Gasteiger partial charge < -0.3 is 14.5 Å². The number of fused-ring (bicyclic) bond motifs is 1. The zero-order valence-corrected chi connectivity index (χ0v) is 15.1. The van der Waals surface area contributed by atoms with Gasteiger partial charge in [0, 0.05) is 43.6 Å². The maximum absolute atomic E-state index is 14.0. The molecule has 1 spiro atoms. The fourth-order valence-corrected chi connectivity index (χ4v) is 5.25. The van der Waals surface area contributed by atoms with Gasteiger partial charge >= 0.3 is 0 Å². The molecule has 6 heteroatoms. The van der Waals surface area contributed by atoms with Gasteiger partial charge in [-0.15, -0.1) is 0 Å². The molecule has 1 amide bonds.